The first-order chi connectivity index (χ1) is 23.5. The lowest BCUT2D eigenvalue weighted by Gasteiger charge is -2.48. The minimum absolute atomic E-state index is 0.0675. The summed E-state index contributed by atoms with van der Waals surface area (Å²) >= 11 is 0. The molecule has 0 aromatic carbocycles. The zero-order chi connectivity index (χ0) is 37.5. The van der Waals surface area contributed by atoms with Gasteiger partial charge < -0.3 is 95.9 Å². The van der Waals surface area contributed by atoms with Crippen molar-refractivity contribution in [1.29, 1.82) is 0 Å². The Bertz CT molecular complexity index is 1120. The van der Waals surface area contributed by atoms with Gasteiger partial charge in [0.05, 0.1) is 38.6 Å². The van der Waals surface area contributed by atoms with Crippen molar-refractivity contribution >= 4 is 17.8 Å². The van der Waals surface area contributed by atoms with Crippen LogP contribution in [0, 0.1) is 0 Å². The van der Waals surface area contributed by atoms with Crippen LogP contribution in [-0.2, 0) is 42.8 Å². The van der Waals surface area contributed by atoms with Gasteiger partial charge in [-0.05, 0) is 13.0 Å². The van der Waals surface area contributed by atoms with Crippen molar-refractivity contribution in [3.05, 3.63) is 0 Å². The maximum Gasteiger partial charge on any atom is 0.364 e. The van der Waals surface area contributed by atoms with Gasteiger partial charge in [0.15, 0.2) is 12.6 Å². The average Bonchev–Trinajstić information content (AvgIpc) is 3.06. The molecule has 0 aromatic heterocycles. The van der Waals surface area contributed by atoms with Crippen molar-refractivity contribution in [1.82, 2.24) is 10.6 Å². The van der Waals surface area contributed by atoms with Crippen LogP contribution in [0.5, 0.6) is 0 Å². The number of nitrogens with two attached hydrogens (primary N) is 1. The van der Waals surface area contributed by atoms with E-state index in [0.717, 1.165) is 13.8 Å². The Morgan fingerprint density at radius 2 is 1.52 bits per heavy atom. The van der Waals surface area contributed by atoms with Crippen LogP contribution in [0.1, 0.15) is 26.7 Å². The van der Waals surface area contributed by atoms with Crippen LogP contribution < -0.4 is 16.4 Å². The summed E-state index contributed by atoms with van der Waals surface area (Å²) in [6, 6.07) is -2.76. The van der Waals surface area contributed by atoms with Gasteiger partial charge in [0, 0.05) is 20.3 Å². The Morgan fingerprint density at radius 1 is 0.900 bits per heavy atom. The molecule has 7 unspecified atom stereocenters. The first kappa shape index (κ1) is 42.2. The topological polar surface area (TPSA) is 359 Å². The molecule has 3 saturated heterocycles. The fourth-order valence-corrected chi connectivity index (χ4v) is 5.86. The number of nitrogens with one attached hydrogen (secondary N) is 2. The van der Waals surface area contributed by atoms with Crippen LogP contribution in [0.3, 0.4) is 0 Å². The van der Waals surface area contributed by atoms with Crippen LogP contribution in [0.15, 0.2) is 0 Å². The number of hydrogen-bond acceptors (Lipinski definition) is 19. The summed E-state index contributed by atoms with van der Waals surface area (Å²) < 4.78 is 33.7. The number of aliphatic carboxylic acids is 1. The van der Waals surface area contributed by atoms with Crippen molar-refractivity contribution in [2.75, 3.05) is 33.0 Å². The van der Waals surface area contributed by atoms with Gasteiger partial charge in [0.1, 0.15) is 67.1 Å². The zero-order valence-corrected chi connectivity index (χ0v) is 27.3. The van der Waals surface area contributed by atoms with Gasteiger partial charge in [0.2, 0.25) is 11.8 Å². The van der Waals surface area contributed by atoms with Gasteiger partial charge in [0.25, 0.3) is 5.79 Å². The molecule has 3 rings (SSSR count). The molecule has 0 radical (unpaired) electrons. The Balaban J connectivity index is 1.83. The summed E-state index contributed by atoms with van der Waals surface area (Å²) in [7, 11) is 0. The molecule has 3 fully saturated rings. The highest BCUT2D eigenvalue weighted by atomic mass is 16.8. The van der Waals surface area contributed by atoms with E-state index < -0.39 is 142 Å². The summed E-state index contributed by atoms with van der Waals surface area (Å²) in [5.41, 5.74) is 5.49. The fourth-order valence-electron chi connectivity index (χ4n) is 5.86. The summed E-state index contributed by atoms with van der Waals surface area (Å²) in [6.07, 6.45) is -23.6. The molecule has 0 saturated carbocycles. The molecule has 290 valence electrons. The summed E-state index contributed by atoms with van der Waals surface area (Å²) in [6.45, 7) is -0.200. The standard InChI is InChI=1S/C28H49N3O19/c1-10(34)30-16-12(36)6-28(27(43)44,50-24(16)18(38)13(37)7-32)46-9-15-19(39)21(41)22(42)26(48-15)49-23-14(8-33)47-25(45-5-3-4-29)17(20(23)40)31-11(2)35/h12-26,32-33,36-42H,3-9,29H2,1-2H3,(H,30,34)(H,31,35)(H,43,44)/t12-,13?,14?,15?,16-,17?,18?,19+,20-,21+,22?,23-,24?,25-,26+,28-/m1/s1. The number of aliphatic hydroxyl groups excluding tert-OH is 9. The number of aliphatic hydroxyl groups is 9. The molecule has 22 nitrogen and oxygen atoms in total. The second kappa shape index (κ2) is 18.5. The van der Waals surface area contributed by atoms with E-state index in [2.05, 4.69) is 10.6 Å². The predicted molar refractivity (Wildman–Crippen MR) is 159 cm³/mol. The fraction of sp³-hybridized carbons (Fsp3) is 0.893. The van der Waals surface area contributed by atoms with Crippen molar-refractivity contribution in [2.45, 2.75) is 124 Å². The molecule has 50 heavy (non-hydrogen) atoms. The van der Waals surface area contributed by atoms with Crippen molar-refractivity contribution in [3.63, 3.8) is 0 Å². The monoisotopic (exact) mass is 731 g/mol. The Morgan fingerprint density at radius 3 is 2.08 bits per heavy atom. The molecule has 16 atom stereocenters. The van der Waals surface area contributed by atoms with Gasteiger partial charge in [-0.25, -0.2) is 4.79 Å². The highest BCUT2D eigenvalue weighted by molar-refractivity contribution is 5.76. The second-order valence-corrected chi connectivity index (χ2v) is 12.3. The van der Waals surface area contributed by atoms with E-state index in [1.54, 1.807) is 0 Å². The van der Waals surface area contributed by atoms with Crippen LogP contribution in [-0.4, -0.2) is 199 Å². The van der Waals surface area contributed by atoms with Crippen molar-refractivity contribution in [2.24, 2.45) is 5.73 Å². The van der Waals surface area contributed by atoms with E-state index in [4.69, 9.17) is 34.2 Å². The van der Waals surface area contributed by atoms with Crippen molar-refractivity contribution in [3.8, 4) is 0 Å². The van der Waals surface area contributed by atoms with Gasteiger partial charge in [-0.15, -0.1) is 0 Å². The minimum atomic E-state index is -2.84. The molecule has 2 amide bonds. The van der Waals surface area contributed by atoms with E-state index in [9.17, 15) is 65.4 Å². The number of carboxylic acids is 1. The van der Waals surface area contributed by atoms with Crippen LogP contribution >= 0.6 is 0 Å². The molecule has 22 heteroatoms. The smallest absolute Gasteiger partial charge is 0.364 e. The Kier molecular flexibility index (Phi) is 15.6. The third-order valence-corrected chi connectivity index (χ3v) is 8.48. The molecule has 0 aromatic rings. The maximum atomic E-state index is 12.5. The Hall–Kier alpha value is -2.23. The van der Waals surface area contributed by atoms with Crippen LogP contribution in [0.4, 0.5) is 0 Å². The third-order valence-electron chi connectivity index (χ3n) is 8.48. The Labute approximate surface area is 285 Å². The molecule has 3 aliphatic heterocycles. The lowest BCUT2D eigenvalue weighted by atomic mass is 9.88. The largest absolute Gasteiger partial charge is 0.477 e. The average molecular weight is 732 g/mol. The SMILES string of the molecule is CC(=O)NC1[C@H](OCCCN)OC(CO)[C@@H](O[C@@H]2OC(CO[C@]3(C(=O)O)C[C@@H](O)[C@@H](NC(C)=O)C(C(O)C(O)CO)O3)[C@H](O)[C@H](O)C2O)[C@@H]1O. The number of hydrogen-bond donors (Lipinski definition) is 13. The van der Waals surface area contributed by atoms with Crippen LogP contribution in [0.25, 0.3) is 0 Å². The summed E-state index contributed by atoms with van der Waals surface area (Å²) in [5, 5.41) is 109. The van der Waals surface area contributed by atoms with E-state index in [1.807, 2.05) is 0 Å². The normalized spacial score (nSPS) is 40.4. The number of ether oxygens (including phenoxy) is 6. The number of amides is 2. The summed E-state index contributed by atoms with van der Waals surface area (Å²) in [4.78, 5) is 36.2. The maximum absolute atomic E-state index is 12.5. The second-order valence-electron chi connectivity index (χ2n) is 12.3. The van der Waals surface area contributed by atoms with E-state index in [-0.39, 0.29) is 13.2 Å². The molecule has 3 heterocycles. The molecule has 0 aliphatic carbocycles. The van der Waals surface area contributed by atoms with Gasteiger partial charge in [-0.2, -0.15) is 0 Å². The summed E-state index contributed by atoms with van der Waals surface area (Å²) in [5.74, 6) is -6.02. The number of rotatable bonds is 16. The molecular weight excluding hydrogens is 682 g/mol. The number of carbonyl (C=O) groups excluding carboxylic acids is 2. The number of carboxylic acid groups (broad SMARTS) is 1. The minimum Gasteiger partial charge on any atom is -0.477 e. The van der Waals surface area contributed by atoms with Crippen molar-refractivity contribution < 1.29 is 93.9 Å². The van der Waals surface area contributed by atoms with E-state index >= 15 is 0 Å². The van der Waals surface area contributed by atoms with Gasteiger partial charge in [-0.1, -0.05) is 0 Å². The highest BCUT2D eigenvalue weighted by Crippen LogP contribution is 2.35. The molecule has 14 N–H and O–H groups in total. The quantitative estimate of drug-likeness (QED) is 0.0655. The molecular formula is C28H49N3O19. The predicted octanol–water partition coefficient (Wildman–Crippen LogP) is -7.71. The van der Waals surface area contributed by atoms with E-state index in [1.165, 1.54) is 0 Å². The highest BCUT2D eigenvalue weighted by Gasteiger charge is 2.57. The van der Waals surface area contributed by atoms with E-state index in [0.29, 0.717) is 6.42 Å². The van der Waals surface area contributed by atoms with Gasteiger partial charge >= 0.3 is 5.97 Å². The molecule has 0 bridgehead atoms. The van der Waals surface area contributed by atoms with Crippen LogP contribution in [0.2, 0.25) is 0 Å². The zero-order valence-electron chi connectivity index (χ0n) is 27.3. The first-order valence-electron chi connectivity index (χ1n) is 15.9. The number of carbonyl (C=O) groups is 3. The lowest BCUT2D eigenvalue weighted by Crippen LogP contribution is -2.69. The lowest BCUT2D eigenvalue weighted by molar-refractivity contribution is -0.360. The third kappa shape index (κ3) is 9.80. The first-order valence-corrected chi connectivity index (χ1v) is 15.9. The molecule has 3 aliphatic rings. The molecule has 0 spiro atoms. The van der Waals surface area contributed by atoms with Gasteiger partial charge in [-0.3, -0.25) is 9.59 Å².